The number of hydrogen-bond donors (Lipinski definition) is 0. The van der Waals surface area contributed by atoms with Crippen LogP contribution in [0.3, 0.4) is 0 Å². The van der Waals surface area contributed by atoms with Gasteiger partial charge >= 0.3 is 0 Å². The van der Waals surface area contributed by atoms with Crippen LogP contribution in [-0.2, 0) is 0 Å². The van der Waals surface area contributed by atoms with Crippen LogP contribution in [0.2, 0.25) is 5.02 Å². The zero-order valence-electron chi connectivity index (χ0n) is 13.3. The maximum absolute atomic E-state index is 6.15. The van der Waals surface area contributed by atoms with Crippen molar-refractivity contribution in [1.82, 2.24) is 0 Å². The molecule has 0 heterocycles. The molecule has 0 saturated carbocycles. The number of allylic oxidation sites excluding steroid dienone is 1. The van der Waals surface area contributed by atoms with Gasteiger partial charge < -0.3 is 0 Å². The van der Waals surface area contributed by atoms with Crippen molar-refractivity contribution in [3.05, 3.63) is 105 Å². The molecule has 0 spiro atoms. The summed E-state index contributed by atoms with van der Waals surface area (Å²) in [5.41, 5.74) is 2.77. The van der Waals surface area contributed by atoms with Crippen molar-refractivity contribution >= 4 is 50.7 Å². The number of thioether (sulfide) groups is 1. The Morgan fingerprint density at radius 2 is 1.72 bits per heavy atom. The summed E-state index contributed by atoms with van der Waals surface area (Å²) in [6, 6.07) is 25.9. The molecule has 0 N–H and O–H groups in total. The molecule has 0 amide bonds. The van der Waals surface area contributed by atoms with Gasteiger partial charge in [0.25, 0.3) is 0 Å². The van der Waals surface area contributed by atoms with Gasteiger partial charge in [-0.25, -0.2) is 4.99 Å². The first-order valence-corrected chi connectivity index (χ1v) is 9.74. The first-order chi connectivity index (χ1) is 12.2. The Hall–Kier alpha value is -1.81. The Balaban J connectivity index is 1.88. The van der Waals surface area contributed by atoms with E-state index in [-0.39, 0.29) is 0 Å². The highest BCUT2D eigenvalue weighted by atomic mass is 79.9. The van der Waals surface area contributed by atoms with E-state index in [4.69, 9.17) is 16.6 Å². The number of nitrogens with zero attached hydrogens (tertiary/aromatic N) is 1. The van der Waals surface area contributed by atoms with Gasteiger partial charge in [0.15, 0.2) is 0 Å². The highest BCUT2D eigenvalue weighted by Gasteiger charge is 2.02. The van der Waals surface area contributed by atoms with Crippen LogP contribution in [0, 0.1) is 0 Å². The lowest BCUT2D eigenvalue weighted by Gasteiger charge is -2.04. The Kier molecular flexibility index (Phi) is 6.51. The Bertz CT molecular complexity index is 907. The van der Waals surface area contributed by atoms with E-state index >= 15 is 0 Å². The molecule has 1 nitrogen and oxygen atoms in total. The molecule has 25 heavy (non-hydrogen) atoms. The van der Waals surface area contributed by atoms with Crippen LogP contribution in [0.25, 0.3) is 0 Å². The van der Waals surface area contributed by atoms with E-state index in [1.54, 1.807) is 11.8 Å². The average Bonchev–Trinajstić information content (AvgIpc) is 2.62. The number of aliphatic imine (C=N–C) groups is 1. The lowest BCUT2D eigenvalue weighted by molar-refractivity contribution is 1.44. The topological polar surface area (TPSA) is 12.4 Å². The molecule has 0 saturated heterocycles. The number of halogens is 2. The standard InChI is InChI=1S/C21H15BrClNS/c22-17-7-5-11-20(15-17)25-13-12-21(16-6-4-8-18(23)14-16)24-19-9-2-1-3-10-19/h1-15H. The average molecular weight is 429 g/mol. The van der Waals surface area contributed by atoms with Gasteiger partial charge in [-0.3, -0.25) is 0 Å². The summed E-state index contributed by atoms with van der Waals surface area (Å²) in [6.07, 6.45) is 2.02. The zero-order chi connectivity index (χ0) is 17.5. The summed E-state index contributed by atoms with van der Waals surface area (Å²) in [6.45, 7) is 0. The fourth-order valence-electron chi connectivity index (χ4n) is 2.20. The van der Waals surface area contributed by atoms with Gasteiger partial charge in [-0.1, -0.05) is 75.7 Å². The lowest BCUT2D eigenvalue weighted by atomic mass is 10.1. The summed E-state index contributed by atoms with van der Waals surface area (Å²) >= 11 is 11.3. The Labute approximate surface area is 165 Å². The molecule has 3 rings (SSSR count). The summed E-state index contributed by atoms with van der Waals surface area (Å²) in [5.74, 6) is 0. The molecular formula is C21H15BrClNS. The maximum atomic E-state index is 6.15. The van der Waals surface area contributed by atoms with Crippen molar-refractivity contribution in [3.8, 4) is 0 Å². The maximum Gasteiger partial charge on any atom is 0.0715 e. The van der Waals surface area contributed by atoms with Crippen LogP contribution in [0.15, 0.2) is 105 Å². The van der Waals surface area contributed by atoms with Gasteiger partial charge in [0.2, 0.25) is 0 Å². The molecule has 3 aromatic rings. The molecule has 0 unspecified atom stereocenters. The SMILES string of the molecule is Clc1cccc(C(C=CSc2cccc(Br)c2)=Nc2ccccc2)c1. The third-order valence-corrected chi connectivity index (χ3v) is 4.88. The van der Waals surface area contributed by atoms with Gasteiger partial charge in [-0.2, -0.15) is 0 Å². The van der Waals surface area contributed by atoms with Crippen molar-refractivity contribution in [1.29, 1.82) is 0 Å². The third-order valence-electron chi connectivity index (χ3n) is 3.35. The summed E-state index contributed by atoms with van der Waals surface area (Å²) in [4.78, 5) is 5.93. The van der Waals surface area contributed by atoms with Crippen molar-refractivity contribution in [2.75, 3.05) is 0 Å². The van der Waals surface area contributed by atoms with Crippen LogP contribution >= 0.6 is 39.3 Å². The van der Waals surface area contributed by atoms with Gasteiger partial charge in [0.05, 0.1) is 11.4 Å². The monoisotopic (exact) mass is 427 g/mol. The molecule has 3 aromatic carbocycles. The minimum absolute atomic E-state index is 0.700. The second kappa shape index (κ2) is 9.04. The molecule has 4 heteroatoms. The molecular weight excluding hydrogens is 414 g/mol. The number of para-hydroxylation sites is 1. The molecule has 124 valence electrons. The molecule has 0 bridgehead atoms. The molecule has 0 aromatic heterocycles. The normalized spacial score (nSPS) is 11.8. The van der Waals surface area contributed by atoms with E-state index in [9.17, 15) is 0 Å². The highest BCUT2D eigenvalue weighted by molar-refractivity contribution is 9.10. The molecule has 0 aliphatic carbocycles. The van der Waals surface area contributed by atoms with Gasteiger partial charge in [-0.15, -0.1) is 0 Å². The van der Waals surface area contributed by atoms with Crippen molar-refractivity contribution < 1.29 is 0 Å². The van der Waals surface area contributed by atoms with Crippen LogP contribution in [0.4, 0.5) is 5.69 Å². The largest absolute Gasteiger partial charge is 0.248 e. The summed E-state index contributed by atoms with van der Waals surface area (Å²) in [5, 5.41) is 2.75. The van der Waals surface area contributed by atoms with Crippen LogP contribution in [0.1, 0.15) is 5.56 Å². The predicted octanol–water partition coefficient (Wildman–Crippen LogP) is 7.53. The van der Waals surface area contributed by atoms with Crippen molar-refractivity contribution in [3.63, 3.8) is 0 Å². The number of benzene rings is 3. The quantitative estimate of drug-likeness (QED) is 0.302. The second-order valence-corrected chi connectivity index (χ2v) is 7.55. The van der Waals surface area contributed by atoms with E-state index in [0.717, 1.165) is 26.3 Å². The first-order valence-electron chi connectivity index (χ1n) is 7.69. The van der Waals surface area contributed by atoms with Gasteiger partial charge in [0, 0.05) is 20.0 Å². The van der Waals surface area contributed by atoms with E-state index in [1.165, 1.54) is 0 Å². The minimum Gasteiger partial charge on any atom is -0.248 e. The van der Waals surface area contributed by atoms with E-state index in [1.807, 2.05) is 78.2 Å². The first kappa shape index (κ1) is 18.0. The number of hydrogen-bond acceptors (Lipinski definition) is 2. The van der Waals surface area contributed by atoms with Crippen molar-refractivity contribution in [2.24, 2.45) is 4.99 Å². The van der Waals surface area contributed by atoms with Crippen LogP contribution in [0.5, 0.6) is 0 Å². The molecule has 0 fully saturated rings. The lowest BCUT2D eigenvalue weighted by Crippen LogP contribution is -1.95. The fourth-order valence-corrected chi connectivity index (χ4v) is 3.65. The van der Waals surface area contributed by atoms with Crippen LogP contribution < -0.4 is 0 Å². The Morgan fingerprint density at radius 3 is 2.48 bits per heavy atom. The predicted molar refractivity (Wildman–Crippen MR) is 113 cm³/mol. The zero-order valence-corrected chi connectivity index (χ0v) is 16.4. The van der Waals surface area contributed by atoms with Crippen LogP contribution in [-0.4, -0.2) is 5.71 Å². The second-order valence-electron chi connectivity index (χ2n) is 5.22. The fraction of sp³-hybridized carbons (Fsp3) is 0. The summed E-state index contributed by atoms with van der Waals surface area (Å²) in [7, 11) is 0. The molecule has 0 aliphatic rings. The smallest absolute Gasteiger partial charge is 0.0715 e. The minimum atomic E-state index is 0.700. The molecule has 0 radical (unpaired) electrons. The highest BCUT2D eigenvalue weighted by Crippen LogP contribution is 2.24. The van der Waals surface area contributed by atoms with Crippen molar-refractivity contribution in [2.45, 2.75) is 4.90 Å². The van der Waals surface area contributed by atoms with Gasteiger partial charge in [0.1, 0.15) is 0 Å². The molecule has 0 aliphatic heterocycles. The van der Waals surface area contributed by atoms with Gasteiger partial charge in [-0.05, 0) is 53.9 Å². The van der Waals surface area contributed by atoms with E-state index < -0.39 is 0 Å². The van der Waals surface area contributed by atoms with E-state index in [0.29, 0.717) is 5.02 Å². The van der Waals surface area contributed by atoms with E-state index in [2.05, 4.69) is 28.1 Å². The Morgan fingerprint density at radius 1 is 0.920 bits per heavy atom. The number of rotatable bonds is 5. The molecule has 0 atom stereocenters. The summed E-state index contributed by atoms with van der Waals surface area (Å²) < 4.78 is 1.07. The third kappa shape index (κ3) is 5.60.